The maximum atomic E-state index is 13.7. The Morgan fingerprint density at radius 2 is 2.18 bits per heavy atom. The molecule has 0 spiro atoms. The summed E-state index contributed by atoms with van der Waals surface area (Å²) in [7, 11) is 1.96. The molecule has 94 valence electrons. The Morgan fingerprint density at radius 3 is 2.65 bits per heavy atom. The molecule has 0 saturated carbocycles. The molecule has 2 N–H and O–H groups in total. The standard InChI is InChI=1S/C13H19FN2S/c1-4-9(2)8-16(3)10-5-6-11(13(15)17)12(14)7-10/h5-7,9H,4,8H2,1-3H3,(H2,15,17). The third kappa shape index (κ3) is 3.66. The smallest absolute Gasteiger partial charge is 0.135 e. The van der Waals surface area contributed by atoms with E-state index in [1.165, 1.54) is 6.07 Å². The monoisotopic (exact) mass is 254 g/mol. The van der Waals surface area contributed by atoms with Crippen LogP contribution in [0.25, 0.3) is 0 Å². The van der Waals surface area contributed by atoms with Crippen molar-refractivity contribution in [2.45, 2.75) is 20.3 Å². The van der Waals surface area contributed by atoms with Gasteiger partial charge in [0, 0.05) is 24.8 Å². The van der Waals surface area contributed by atoms with E-state index in [1.54, 1.807) is 6.07 Å². The largest absolute Gasteiger partial charge is 0.389 e. The molecule has 0 aliphatic carbocycles. The van der Waals surface area contributed by atoms with Crippen molar-refractivity contribution >= 4 is 22.9 Å². The van der Waals surface area contributed by atoms with Crippen LogP contribution in [0.2, 0.25) is 0 Å². The molecule has 1 atom stereocenters. The Morgan fingerprint density at radius 1 is 1.53 bits per heavy atom. The van der Waals surface area contributed by atoms with Gasteiger partial charge in [-0.1, -0.05) is 32.5 Å². The minimum Gasteiger partial charge on any atom is -0.389 e. The van der Waals surface area contributed by atoms with E-state index < -0.39 is 0 Å². The second-order valence-corrected chi connectivity index (χ2v) is 4.86. The highest BCUT2D eigenvalue weighted by atomic mass is 32.1. The van der Waals surface area contributed by atoms with Gasteiger partial charge in [0.1, 0.15) is 10.8 Å². The number of nitrogens with zero attached hydrogens (tertiary/aromatic N) is 1. The van der Waals surface area contributed by atoms with E-state index >= 15 is 0 Å². The number of rotatable bonds is 5. The van der Waals surface area contributed by atoms with Crippen molar-refractivity contribution in [3.05, 3.63) is 29.6 Å². The van der Waals surface area contributed by atoms with Crippen molar-refractivity contribution in [3.8, 4) is 0 Å². The van der Waals surface area contributed by atoms with Crippen LogP contribution in [-0.2, 0) is 0 Å². The highest BCUT2D eigenvalue weighted by Gasteiger charge is 2.10. The fourth-order valence-electron chi connectivity index (χ4n) is 1.64. The van der Waals surface area contributed by atoms with Gasteiger partial charge in [0.15, 0.2) is 0 Å². The predicted octanol–water partition coefficient (Wildman–Crippen LogP) is 2.94. The minimum absolute atomic E-state index is 0.0960. The van der Waals surface area contributed by atoms with E-state index in [9.17, 15) is 4.39 Å². The summed E-state index contributed by atoms with van der Waals surface area (Å²) in [6, 6.07) is 4.97. The highest BCUT2D eigenvalue weighted by molar-refractivity contribution is 7.80. The maximum absolute atomic E-state index is 13.7. The predicted molar refractivity (Wildman–Crippen MR) is 75.0 cm³/mol. The van der Waals surface area contributed by atoms with Crippen LogP contribution in [0.1, 0.15) is 25.8 Å². The summed E-state index contributed by atoms with van der Waals surface area (Å²) in [5.74, 6) is 0.226. The number of anilines is 1. The fourth-order valence-corrected chi connectivity index (χ4v) is 1.81. The van der Waals surface area contributed by atoms with Gasteiger partial charge in [-0.25, -0.2) is 4.39 Å². The molecule has 17 heavy (non-hydrogen) atoms. The van der Waals surface area contributed by atoms with Crippen LogP contribution in [0.3, 0.4) is 0 Å². The average Bonchev–Trinajstić information content (AvgIpc) is 2.28. The lowest BCUT2D eigenvalue weighted by Gasteiger charge is -2.23. The van der Waals surface area contributed by atoms with Crippen LogP contribution >= 0.6 is 12.2 Å². The van der Waals surface area contributed by atoms with Crippen LogP contribution in [0.5, 0.6) is 0 Å². The lowest BCUT2D eigenvalue weighted by molar-refractivity contribution is 0.558. The summed E-state index contributed by atoms with van der Waals surface area (Å²) in [5, 5.41) is 0. The van der Waals surface area contributed by atoms with Crippen LogP contribution in [-0.4, -0.2) is 18.6 Å². The molecule has 0 aromatic heterocycles. The third-order valence-corrected chi connectivity index (χ3v) is 3.16. The molecule has 0 aliphatic heterocycles. The summed E-state index contributed by atoms with van der Waals surface area (Å²) >= 11 is 4.77. The second kappa shape index (κ2) is 5.96. The first-order valence-corrected chi connectivity index (χ1v) is 6.17. The van der Waals surface area contributed by atoms with E-state index in [0.29, 0.717) is 11.5 Å². The van der Waals surface area contributed by atoms with Crippen molar-refractivity contribution in [1.29, 1.82) is 0 Å². The molecule has 0 amide bonds. The number of benzene rings is 1. The van der Waals surface area contributed by atoms with Crippen LogP contribution < -0.4 is 10.6 Å². The Bertz CT molecular complexity index is 406. The normalized spacial score (nSPS) is 12.2. The summed E-state index contributed by atoms with van der Waals surface area (Å²) in [6.07, 6.45) is 1.11. The fraction of sp³-hybridized carbons (Fsp3) is 0.462. The van der Waals surface area contributed by atoms with Crippen LogP contribution in [0.15, 0.2) is 18.2 Å². The van der Waals surface area contributed by atoms with E-state index in [0.717, 1.165) is 18.7 Å². The first kappa shape index (κ1) is 13.9. The maximum Gasteiger partial charge on any atom is 0.135 e. The van der Waals surface area contributed by atoms with Crippen LogP contribution in [0.4, 0.5) is 10.1 Å². The van der Waals surface area contributed by atoms with Gasteiger partial charge in [-0.15, -0.1) is 0 Å². The molecule has 0 bridgehead atoms. The molecule has 0 radical (unpaired) electrons. The molecular formula is C13H19FN2S. The number of hydrogen-bond donors (Lipinski definition) is 1. The first-order valence-electron chi connectivity index (χ1n) is 5.76. The first-order chi connectivity index (χ1) is 7.95. The average molecular weight is 254 g/mol. The molecule has 1 rings (SSSR count). The van der Waals surface area contributed by atoms with Crippen LogP contribution in [0, 0.1) is 11.7 Å². The molecule has 0 fully saturated rings. The van der Waals surface area contributed by atoms with Gasteiger partial charge in [0.2, 0.25) is 0 Å². The minimum atomic E-state index is -0.356. The van der Waals surface area contributed by atoms with Crippen molar-refractivity contribution in [2.75, 3.05) is 18.5 Å². The summed E-state index contributed by atoms with van der Waals surface area (Å²) in [6.45, 7) is 5.23. The Kier molecular flexibility index (Phi) is 4.87. The molecule has 1 aromatic carbocycles. The summed E-state index contributed by atoms with van der Waals surface area (Å²) in [5.41, 5.74) is 6.58. The molecule has 2 nitrogen and oxygen atoms in total. The van der Waals surface area contributed by atoms with Gasteiger partial charge in [0.05, 0.1) is 0 Å². The van der Waals surface area contributed by atoms with Crippen molar-refractivity contribution in [1.82, 2.24) is 0 Å². The topological polar surface area (TPSA) is 29.3 Å². The molecule has 4 heteroatoms. The lowest BCUT2D eigenvalue weighted by atomic mass is 10.1. The zero-order valence-corrected chi connectivity index (χ0v) is 11.4. The Hall–Kier alpha value is -1.16. The lowest BCUT2D eigenvalue weighted by Crippen LogP contribution is -2.24. The highest BCUT2D eigenvalue weighted by Crippen LogP contribution is 2.19. The summed E-state index contributed by atoms with van der Waals surface area (Å²) < 4.78 is 13.7. The molecule has 1 unspecified atom stereocenters. The van der Waals surface area contributed by atoms with E-state index in [1.807, 2.05) is 18.0 Å². The van der Waals surface area contributed by atoms with Crippen molar-refractivity contribution in [2.24, 2.45) is 11.7 Å². The molecule has 1 aromatic rings. The van der Waals surface area contributed by atoms with Gasteiger partial charge in [-0.2, -0.15) is 0 Å². The second-order valence-electron chi connectivity index (χ2n) is 4.42. The van der Waals surface area contributed by atoms with E-state index in [2.05, 4.69) is 13.8 Å². The SMILES string of the molecule is CCC(C)CN(C)c1ccc(C(N)=S)c(F)c1. The van der Waals surface area contributed by atoms with E-state index in [4.69, 9.17) is 18.0 Å². The molecule has 0 aliphatic rings. The molecule has 0 heterocycles. The van der Waals surface area contributed by atoms with Gasteiger partial charge in [0.25, 0.3) is 0 Å². The van der Waals surface area contributed by atoms with E-state index in [-0.39, 0.29) is 10.8 Å². The molecular weight excluding hydrogens is 235 g/mol. The molecule has 0 saturated heterocycles. The third-order valence-electron chi connectivity index (χ3n) is 2.94. The van der Waals surface area contributed by atoms with Crippen molar-refractivity contribution < 1.29 is 4.39 Å². The number of halogens is 1. The number of nitrogens with two attached hydrogens (primary N) is 1. The van der Waals surface area contributed by atoms with Crippen molar-refractivity contribution in [3.63, 3.8) is 0 Å². The summed E-state index contributed by atoms with van der Waals surface area (Å²) in [4.78, 5) is 2.14. The zero-order valence-electron chi connectivity index (χ0n) is 10.5. The Labute approximate surface area is 108 Å². The van der Waals surface area contributed by atoms with Gasteiger partial charge in [-0.05, 0) is 24.1 Å². The quantitative estimate of drug-likeness (QED) is 0.819. The Balaban J connectivity index is 2.86. The number of thiocarbonyl (C=S) groups is 1. The number of hydrogen-bond acceptors (Lipinski definition) is 2. The zero-order chi connectivity index (χ0) is 13.0. The van der Waals surface area contributed by atoms with Gasteiger partial charge < -0.3 is 10.6 Å². The van der Waals surface area contributed by atoms with Gasteiger partial charge in [-0.3, -0.25) is 0 Å². The van der Waals surface area contributed by atoms with Gasteiger partial charge >= 0.3 is 0 Å².